The molecule has 0 radical (unpaired) electrons. The summed E-state index contributed by atoms with van der Waals surface area (Å²) in [6, 6.07) is 17.0. The summed E-state index contributed by atoms with van der Waals surface area (Å²) in [4.78, 5) is 32.7. The molecular weight excluding hydrogens is 434 g/mol. The molecule has 31 heavy (non-hydrogen) atoms. The number of nitrogens with zero attached hydrogens (tertiary/aromatic N) is 3. The lowest BCUT2D eigenvalue weighted by Gasteiger charge is -2.09. The van der Waals surface area contributed by atoms with E-state index in [1.807, 2.05) is 18.2 Å². The molecule has 9 heteroatoms. The predicted molar refractivity (Wildman–Crippen MR) is 120 cm³/mol. The molecular formula is C22H14ClN5O2S. The summed E-state index contributed by atoms with van der Waals surface area (Å²) in [5.41, 5.74) is 1.70. The molecule has 0 atom stereocenters. The van der Waals surface area contributed by atoms with Gasteiger partial charge in [-0.25, -0.2) is 9.55 Å². The number of aromatic amines is 1. The van der Waals surface area contributed by atoms with Gasteiger partial charge in [0.05, 0.1) is 16.5 Å². The van der Waals surface area contributed by atoms with Crippen molar-refractivity contribution >= 4 is 40.6 Å². The first-order valence-corrected chi connectivity index (χ1v) is 9.93. The molecule has 0 bridgehead atoms. The van der Waals surface area contributed by atoms with Gasteiger partial charge >= 0.3 is 0 Å². The smallest absolute Gasteiger partial charge is 0.267 e. The first-order chi connectivity index (χ1) is 15.0. The van der Waals surface area contributed by atoms with Crippen LogP contribution in [0.2, 0.25) is 5.02 Å². The highest BCUT2D eigenvalue weighted by atomic mass is 35.5. The number of aromatic nitrogens is 3. The molecule has 152 valence electrons. The van der Waals surface area contributed by atoms with Gasteiger partial charge in [-0.3, -0.25) is 9.59 Å². The molecule has 4 rings (SSSR count). The topological polar surface area (TPSA) is 104 Å². The Morgan fingerprint density at radius 3 is 2.77 bits per heavy atom. The van der Waals surface area contributed by atoms with Gasteiger partial charge in [0.15, 0.2) is 4.77 Å². The number of nitriles is 1. The van der Waals surface area contributed by atoms with Gasteiger partial charge in [-0.2, -0.15) is 5.26 Å². The highest BCUT2D eigenvalue weighted by molar-refractivity contribution is 7.71. The third-order valence-corrected chi connectivity index (χ3v) is 5.13. The van der Waals surface area contributed by atoms with E-state index in [9.17, 15) is 9.59 Å². The van der Waals surface area contributed by atoms with Gasteiger partial charge in [-0.15, -0.1) is 0 Å². The van der Waals surface area contributed by atoms with Crippen LogP contribution >= 0.6 is 23.8 Å². The molecule has 2 heterocycles. The molecule has 0 unspecified atom stereocenters. The Balaban J connectivity index is 1.65. The highest BCUT2D eigenvalue weighted by Crippen LogP contribution is 2.14. The Morgan fingerprint density at radius 1 is 1.23 bits per heavy atom. The van der Waals surface area contributed by atoms with Gasteiger partial charge in [-0.05, 0) is 60.2 Å². The van der Waals surface area contributed by atoms with E-state index >= 15 is 0 Å². The van der Waals surface area contributed by atoms with Crippen LogP contribution in [0.1, 0.15) is 21.5 Å². The van der Waals surface area contributed by atoms with Gasteiger partial charge in [-0.1, -0.05) is 23.7 Å². The summed E-state index contributed by atoms with van der Waals surface area (Å²) < 4.78 is 1.38. The number of halogens is 1. The van der Waals surface area contributed by atoms with E-state index in [-0.39, 0.29) is 16.2 Å². The van der Waals surface area contributed by atoms with Crippen molar-refractivity contribution in [3.8, 4) is 11.9 Å². The molecule has 0 saturated carbocycles. The van der Waals surface area contributed by atoms with Crippen LogP contribution in [0, 0.1) is 16.1 Å². The molecule has 0 aliphatic rings. The number of carbonyl (C=O) groups excluding carboxylic acids is 1. The van der Waals surface area contributed by atoms with Crippen LogP contribution in [0.25, 0.3) is 16.7 Å². The van der Waals surface area contributed by atoms with Crippen molar-refractivity contribution < 1.29 is 4.79 Å². The van der Waals surface area contributed by atoms with Gasteiger partial charge in [0.2, 0.25) is 0 Å². The standard InChI is InChI=1S/C22H14ClN5O2S/c23-16-3-1-2-13(8-16)11-26-20(29)15-5-6-17-18(9-15)27-22(31)28(21(17)30)19-7-4-14(10-24)12-25-19/h1-9,12H,11H2,(H,26,29)(H,27,31). The number of benzene rings is 2. The third-order valence-electron chi connectivity index (χ3n) is 4.61. The number of hydrogen-bond acceptors (Lipinski definition) is 5. The lowest BCUT2D eigenvalue weighted by molar-refractivity contribution is 0.0951. The largest absolute Gasteiger partial charge is 0.348 e. The molecule has 2 N–H and O–H groups in total. The van der Waals surface area contributed by atoms with Crippen LogP contribution in [0.4, 0.5) is 0 Å². The highest BCUT2D eigenvalue weighted by Gasteiger charge is 2.12. The molecule has 4 aromatic rings. The summed E-state index contributed by atoms with van der Waals surface area (Å²) in [5, 5.41) is 12.7. The quantitative estimate of drug-likeness (QED) is 0.462. The third kappa shape index (κ3) is 4.23. The molecule has 0 aliphatic carbocycles. The van der Waals surface area contributed by atoms with E-state index in [0.717, 1.165) is 5.56 Å². The van der Waals surface area contributed by atoms with Crippen LogP contribution < -0.4 is 10.9 Å². The predicted octanol–water partition coefficient (Wildman–Crippen LogP) is 3.90. The van der Waals surface area contributed by atoms with Gasteiger partial charge in [0.1, 0.15) is 11.9 Å². The van der Waals surface area contributed by atoms with Crippen LogP contribution in [-0.4, -0.2) is 20.4 Å². The Kier molecular flexibility index (Phi) is 5.62. The second-order valence-corrected chi connectivity index (χ2v) is 7.48. The Labute approximate surface area is 186 Å². The van der Waals surface area contributed by atoms with E-state index in [0.29, 0.717) is 39.4 Å². The van der Waals surface area contributed by atoms with Crippen molar-refractivity contribution in [1.82, 2.24) is 19.9 Å². The molecule has 0 aliphatic heterocycles. The maximum absolute atomic E-state index is 13.0. The van der Waals surface area contributed by atoms with Crippen LogP contribution in [0.15, 0.2) is 65.6 Å². The summed E-state index contributed by atoms with van der Waals surface area (Å²) in [5.74, 6) is 0.00891. The second-order valence-electron chi connectivity index (χ2n) is 6.66. The zero-order valence-electron chi connectivity index (χ0n) is 15.9. The van der Waals surface area contributed by atoms with E-state index < -0.39 is 0 Å². The SMILES string of the molecule is N#Cc1ccc(-n2c(=S)[nH]c3cc(C(=O)NCc4cccc(Cl)c4)ccc3c2=O)nc1. The lowest BCUT2D eigenvalue weighted by atomic mass is 10.1. The lowest BCUT2D eigenvalue weighted by Crippen LogP contribution is -2.24. The Bertz CT molecular complexity index is 1470. The maximum Gasteiger partial charge on any atom is 0.267 e. The molecule has 0 spiro atoms. The Morgan fingerprint density at radius 2 is 2.06 bits per heavy atom. The number of pyridine rings is 1. The van der Waals surface area contributed by atoms with Crippen molar-refractivity contribution in [2.45, 2.75) is 6.54 Å². The minimum atomic E-state index is -0.373. The zero-order chi connectivity index (χ0) is 22.0. The van der Waals surface area contributed by atoms with Crippen LogP contribution in [-0.2, 0) is 6.54 Å². The Hall–Kier alpha value is -3.80. The average Bonchev–Trinajstić information content (AvgIpc) is 2.77. The normalized spacial score (nSPS) is 10.6. The molecule has 2 aromatic heterocycles. The van der Waals surface area contributed by atoms with Gasteiger partial charge in [0, 0.05) is 23.3 Å². The fourth-order valence-electron chi connectivity index (χ4n) is 3.08. The number of rotatable bonds is 4. The summed E-state index contributed by atoms with van der Waals surface area (Å²) in [7, 11) is 0. The summed E-state index contributed by atoms with van der Waals surface area (Å²) in [6.07, 6.45) is 1.37. The molecule has 7 nitrogen and oxygen atoms in total. The molecule has 1 amide bonds. The fraction of sp³-hybridized carbons (Fsp3) is 0.0455. The number of fused-ring (bicyclic) bond motifs is 1. The zero-order valence-corrected chi connectivity index (χ0v) is 17.5. The van der Waals surface area contributed by atoms with Gasteiger partial charge in [0.25, 0.3) is 11.5 Å². The number of carbonyl (C=O) groups is 1. The summed E-state index contributed by atoms with van der Waals surface area (Å²) >= 11 is 11.3. The number of nitrogens with one attached hydrogen (secondary N) is 2. The van der Waals surface area contributed by atoms with E-state index in [1.165, 1.54) is 10.8 Å². The fourth-order valence-corrected chi connectivity index (χ4v) is 3.58. The monoisotopic (exact) mass is 447 g/mol. The second kappa shape index (κ2) is 8.52. The number of amides is 1. The van der Waals surface area contributed by atoms with Crippen molar-refractivity contribution in [3.05, 3.63) is 97.6 Å². The number of H-pyrrole nitrogens is 1. The number of hydrogen-bond donors (Lipinski definition) is 2. The molecule has 2 aromatic carbocycles. The van der Waals surface area contributed by atoms with Crippen molar-refractivity contribution in [2.75, 3.05) is 0 Å². The van der Waals surface area contributed by atoms with Crippen molar-refractivity contribution in [2.24, 2.45) is 0 Å². The summed E-state index contributed by atoms with van der Waals surface area (Å²) in [6.45, 7) is 0.319. The average molecular weight is 448 g/mol. The van der Waals surface area contributed by atoms with E-state index in [4.69, 9.17) is 29.1 Å². The van der Waals surface area contributed by atoms with Crippen LogP contribution in [0.3, 0.4) is 0 Å². The molecule has 0 fully saturated rings. The molecule has 0 saturated heterocycles. The minimum Gasteiger partial charge on any atom is -0.348 e. The van der Waals surface area contributed by atoms with E-state index in [2.05, 4.69) is 15.3 Å². The maximum atomic E-state index is 13.0. The van der Waals surface area contributed by atoms with Crippen molar-refractivity contribution in [3.63, 3.8) is 0 Å². The minimum absolute atomic E-state index is 0.131. The van der Waals surface area contributed by atoms with E-state index in [1.54, 1.807) is 42.5 Å². The first-order valence-electron chi connectivity index (χ1n) is 9.14. The van der Waals surface area contributed by atoms with Crippen LogP contribution in [0.5, 0.6) is 0 Å². The van der Waals surface area contributed by atoms with Crippen molar-refractivity contribution in [1.29, 1.82) is 5.26 Å². The van der Waals surface area contributed by atoms with Gasteiger partial charge < -0.3 is 10.3 Å². The first kappa shape index (κ1) is 20.5.